The number of amides is 2. The summed E-state index contributed by atoms with van der Waals surface area (Å²) in [6, 6.07) is 7.69. The minimum absolute atomic E-state index is 0.0648. The minimum atomic E-state index is -0.701. The van der Waals surface area contributed by atoms with E-state index in [1.165, 1.54) is 25.7 Å². The van der Waals surface area contributed by atoms with Gasteiger partial charge in [0.05, 0.1) is 11.6 Å². The van der Waals surface area contributed by atoms with Crippen LogP contribution in [0.5, 0.6) is 0 Å². The van der Waals surface area contributed by atoms with E-state index in [2.05, 4.69) is 30.1 Å². The quantitative estimate of drug-likeness (QED) is 0.721. The number of piperidine rings is 1. The fourth-order valence-corrected chi connectivity index (χ4v) is 5.93. The zero-order valence-corrected chi connectivity index (χ0v) is 20.5. The summed E-state index contributed by atoms with van der Waals surface area (Å²) in [4.78, 5) is 30.5. The number of fused-ring (bicyclic) bond motifs is 1. The molecule has 2 amide bonds. The van der Waals surface area contributed by atoms with Gasteiger partial charge in [0.1, 0.15) is 6.04 Å². The van der Waals surface area contributed by atoms with E-state index in [-0.39, 0.29) is 23.8 Å². The molecule has 2 heterocycles. The Kier molecular flexibility index (Phi) is 7.09. The van der Waals surface area contributed by atoms with Gasteiger partial charge < -0.3 is 15.1 Å². The fourth-order valence-electron chi connectivity index (χ4n) is 5.93. The molecule has 0 aromatic heterocycles. The maximum Gasteiger partial charge on any atom is 0.254 e. The Balaban J connectivity index is 1.46. The summed E-state index contributed by atoms with van der Waals surface area (Å²) in [5.41, 5.74) is 2.12. The van der Waals surface area contributed by atoms with Gasteiger partial charge in [0.15, 0.2) is 0 Å². The van der Waals surface area contributed by atoms with E-state index in [0.717, 1.165) is 49.0 Å². The Morgan fingerprint density at radius 1 is 1.03 bits per heavy atom. The van der Waals surface area contributed by atoms with Crippen molar-refractivity contribution in [3.8, 4) is 6.07 Å². The van der Waals surface area contributed by atoms with Crippen molar-refractivity contribution in [3.63, 3.8) is 0 Å². The summed E-state index contributed by atoms with van der Waals surface area (Å²) < 4.78 is 0. The molecular formula is C27H38N4O2. The second-order valence-electron chi connectivity index (χ2n) is 10.8. The number of carbonyl (C=O) groups is 2. The van der Waals surface area contributed by atoms with Crippen molar-refractivity contribution < 1.29 is 9.59 Å². The molecule has 4 rings (SSSR count). The van der Waals surface area contributed by atoms with Gasteiger partial charge in [-0.15, -0.1) is 0 Å². The van der Waals surface area contributed by atoms with Crippen LogP contribution in [0.25, 0.3) is 0 Å². The third-order valence-electron chi connectivity index (χ3n) is 8.09. The molecule has 33 heavy (non-hydrogen) atoms. The molecule has 1 aromatic carbocycles. The van der Waals surface area contributed by atoms with Crippen molar-refractivity contribution in [2.45, 2.75) is 84.3 Å². The first-order valence-electron chi connectivity index (χ1n) is 12.7. The molecule has 0 bridgehead atoms. The van der Waals surface area contributed by atoms with Gasteiger partial charge in [-0.3, -0.25) is 9.59 Å². The van der Waals surface area contributed by atoms with Crippen LogP contribution in [0.3, 0.4) is 0 Å². The van der Waals surface area contributed by atoms with E-state index in [1.807, 2.05) is 24.8 Å². The largest absolute Gasteiger partial charge is 0.340 e. The Labute approximate surface area is 198 Å². The standard InChI is InChI=1S/C27H38N4O2/c1-17(2)20-6-8-21(9-7-20)30-13-11-22(12-14-30)31-24-10-5-19(16-28)15-23(24)25(27(31)33)29-26(32)18(3)4/h5,10,15,17-18,20-22,25H,6-9,11-14H2,1-4H3,(H,29,32)/t20-,21+,25?. The van der Waals surface area contributed by atoms with E-state index < -0.39 is 6.04 Å². The number of anilines is 1. The highest BCUT2D eigenvalue weighted by molar-refractivity contribution is 6.07. The molecule has 1 unspecified atom stereocenters. The lowest BCUT2D eigenvalue weighted by molar-refractivity contribution is -0.129. The van der Waals surface area contributed by atoms with Crippen LogP contribution in [0.15, 0.2) is 18.2 Å². The molecule has 6 nitrogen and oxygen atoms in total. The average molecular weight is 451 g/mol. The Bertz CT molecular complexity index is 919. The third kappa shape index (κ3) is 4.80. The molecule has 2 fully saturated rings. The van der Waals surface area contributed by atoms with Crippen molar-refractivity contribution in [3.05, 3.63) is 29.3 Å². The van der Waals surface area contributed by atoms with Crippen LogP contribution in [0.4, 0.5) is 5.69 Å². The first-order chi connectivity index (χ1) is 15.8. The number of benzene rings is 1. The van der Waals surface area contributed by atoms with Crippen LogP contribution >= 0.6 is 0 Å². The van der Waals surface area contributed by atoms with Crippen molar-refractivity contribution in [1.29, 1.82) is 5.26 Å². The highest BCUT2D eigenvalue weighted by Gasteiger charge is 2.43. The molecule has 2 aliphatic heterocycles. The van der Waals surface area contributed by atoms with E-state index in [9.17, 15) is 14.9 Å². The lowest BCUT2D eigenvalue weighted by Gasteiger charge is -2.43. The van der Waals surface area contributed by atoms with Crippen LogP contribution < -0.4 is 10.2 Å². The molecule has 3 aliphatic rings. The average Bonchev–Trinajstić information content (AvgIpc) is 3.09. The summed E-state index contributed by atoms with van der Waals surface area (Å²) in [5, 5.41) is 12.3. The normalized spacial score (nSPS) is 26.5. The van der Waals surface area contributed by atoms with Gasteiger partial charge in [-0.1, -0.05) is 27.7 Å². The molecule has 1 aliphatic carbocycles. The number of hydrogen-bond acceptors (Lipinski definition) is 4. The predicted octanol–water partition coefficient (Wildman–Crippen LogP) is 4.40. The number of nitrogens with zero attached hydrogens (tertiary/aromatic N) is 3. The number of nitriles is 1. The number of carbonyl (C=O) groups excluding carboxylic acids is 2. The fraction of sp³-hybridized carbons (Fsp3) is 0.667. The lowest BCUT2D eigenvalue weighted by Crippen LogP contribution is -2.51. The first kappa shape index (κ1) is 23.8. The molecule has 1 aromatic rings. The molecule has 0 radical (unpaired) electrons. The van der Waals surface area contributed by atoms with Crippen molar-refractivity contribution in [2.24, 2.45) is 17.8 Å². The van der Waals surface area contributed by atoms with Crippen LogP contribution in [0.1, 0.15) is 83.4 Å². The van der Waals surface area contributed by atoms with Gasteiger partial charge >= 0.3 is 0 Å². The Hall–Kier alpha value is -2.39. The van der Waals surface area contributed by atoms with Gasteiger partial charge in [-0.25, -0.2) is 0 Å². The zero-order valence-electron chi connectivity index (χ0n) is 20.5. The lowest BCUT2D eigenvalue weighted by atomic mass is 9.79. The topological polar surface area (TPSA) is 76.4 Å². The van der Waals surface area contributed by atoms with Crippen LogP contribution in [-0.4, -0.2) is 41.9 Å². The Morgan fingerprint density at radius 2 is 1.70 bits per heavy atom. The summed E-state index contributed by atoms with van der Waals surface area (Å²) >= 11 is 0. The van der Waals surface area contributed by atoms with E-state index in [0.29, 0.717) is 11.6 Å². The van der Waals surface area contributed by atoms with Gasteiger partial charge in [-0.05, 0) is 68.6 Å². The van der Waals surface area contributed by atoms with Crippen LogP contribution in [0, 0.1) is 29.1 Å². The van der Waals surface area contributed by atoms with E-state index >= 15 is 0 Å². The maximum atomic E-state index is 13.5. The number of nitrogens with one attached hydrogen (secondary N) is 1. The van der Waals surface area contributed by atoms with Gasteiger partial charge in [-0.2, -0.15) is 5.26 Å². The number of likely N-dealkylation sites (tertiary alicyclic amines) is 1. The molecule has 1 atom stereocenters. The molecule has 1 N–H and O–H groups in total. The summed E-state index contributed by atoms with van der Waals surface area (Å²) in [5.74, 6) is 1.24. The van der Waals surface area contributed by atoms with E-state index in [1.54, 1.807) is 12.1 Å². The molecule has 0 spiro atoms. The number of rotatable bonds is 5. The second kappa shape index (κ2) is 9.85. The van der Waals surface area contributed by atoms with Crippen LogP contribution in [0.2, 0.25) is 0 Å². The SMILES string of the molecule is CC(C)C(=O)NC1C(=O)N(C2CCN([C@H]3CC[C@@H](C(C)C)CC3)CC2)c2ccc(C#N)cc21. The second-order valence-corrected chi connectivity index (χ2v) is 10.8. The maximum absolute atomic E-state index is 13.5. The molecular weight excluding hydrogens is 412 g/mol. The van der Waals surface area contributed by atoms with Crippen LogP contribution in [-0.2, 0) is 9.59 Å². The van der Waals surface area contributed by atoms with Crippen molar-refractivity contribution >= 4 is 17.5 Å². The summed E-state index contributed by atoms with van der Waals surface area (Å²) in [6.45, 7) is 10.4. The summed E-state index contributed by atoms with van der Waals surface area (Å²) in [7, 11) is 0. The highest BCUT2D eigenvalue weighted by Crippen LogP contribution is 2.40. The minimum Gasteiger partial charge on any atom is -0.340 e. The Morgan fingerprint density at radius 3 is 2.27 bits per heavy atom. The third-order valence-corrected chi connectivity index (χ3v) is 8.09. The first-order valence-corrected chi connectivity index (χ1v) is 12.7. The van der Waals surface area contributed by atoms with Crippen molar-refractivity contribution in [1.82, 2.24) is 10.2 Å². The predicted molar refractivity (Wildman–Crippen MR) is 130 cm³/mol. The van der Waals surface area contributed by atoms with E-state index in [4.69, 9.17) is 0 Å². The number of hydrogen-bond donors (Lipinski definition) is 1. The smallest absolute Gasteiger partial charge is 0.254 e. The highest BCUT2D eigenvalue weighted by atomic mass is 16.2. The van der Waals surface area contributed by atoms with Gasteiger partial charge in [0.25, 0.3) is 5.91 Å². The molecule has 1 saturated carbocycles. The monoisotopic (exact) mass is 450 g/mol. The molecule has 178 valence electrons. The van der Waals surface area contributed by atoms with Gasteiger partial charge in [0, 0.05) is 42.3 Å². The zero-order chi connectivity index (χ0) is 23.7. The molecule has 1 saturated heterocycles. The summed E-state index contributed by atoms with van der Waals surface area (Å²) in [6.07, 6.45) is 7.14. The van der Waals surface area contributed by atoms with Crippen molar-refractivity contribution in [2.75, 3.05) is 18.0 Å². The van der Waals surface area contributed by atoms with Gasteiger partial charge in [0.2, 0.25) is 5.91 Å². The molecule has 6 heteroatoms.